The molecule has 0 radical (unpaired) electrons. The molecule has 0 atom stereocenters. The van der Waals surface area contributed by atoms with Crippen molar-refractivity contribution >= 4 is 5.78 Å². The van der Waals surface area contributed by atoms with Gasteiger partial charge in [0, 0.05) is 18.9 Å². The number of rotatable bonds is 4. The molecule has 1 aliphatic carbocycles. The molecule has 2 fully saturated rings. The second-order valence-electron chi connectivity index (χ2n) is 4.39. The molecule has 0 unspecified atom stereocenters. The van der Waals surface area contributed by atoms with Gasteiger partial charge in [0.15, 0.2) is 0 Å². The van der Waals surface area contributed by atoms with E-state index in [1.807, 2.05) is 0 Å². The number of piperidine rings is 1. The maximum atomic E-state index is 11.4. The van der Waals surface area contributed by atoms with Crippen LogP contribution in [-0.2, 0) is 4.79 Å². The first-order valence-corrected chi connectivity index (χ1v) is 5.61. The van der Waals surface area contributed by atoms with E-state index in [9.17, 15) is 4.79 Å². The molecule has 0 amide bonds. The SMILES string of the molecule is O=C(CCN1CCCCC1)C1CC1. The molecular weight excluding hydrogens is 162 g/mol. The third-order valence-electron chi connectivity index (χ3n) is 3.16. The maximum Gasteiger partial charge on any atom is 0.137 e. The molecule has 1 saturated carbocycles. The van der Waals surface area contributed by atoms with E-state index in [1.54, 1.807) is 0 Å². The molecule has 1 saturated heterocycles. The zero-order chi connectivity index (χ0) is 9.10. The first-order chi connectivity index (χ1) is 6.36. The monoisotopic (exact) mass is 181 g/mol. The van der Waals surface area contributed by atoms with Crippen molar-refractivity contribution in [3.63, 3.8) is 0 Å². The number of carbonyl (C=O) groups is 1. The predicted molar refractivity (Wildman–Crippen MR) is 52.6 cm³/mol. The minimum absolute atomic E-state index is 0.463. The summed E-state index contributed by atoms with van der Waals surface area (Å²) in [6, 6.07) is 0. The van der Waals surface area contributed by atoms with Gasteiger partial charge >= 0.3 is 0 Å². The van der Waals surface area contributed by atoms with E-state index in [2.05, 4.69) is 4.90 Å². The van der Waals surface area contributed by atoms with Gasteiger partial charge in [-0.1, -0.05) is 6.42 Å². The van der Waals surface area contributed by atoms with Crippen molar-refractivity contribution in [2.24, 2.45) is 5.92 Å². The summed E-state index contributed by atoms with van der Waals surface area (Å²) in [4.78, 5) is 13.9. The van der Waals surface area contributed by atoms with Crippen molar-refractivity contribution in [3.8, 4) is 0 Å². The van der Waals surface area contributed by atoms with Gasteiger partial charge in [0.1, 0.15) is 5.78 Å². The Hall–Kier alpha value is -0.370. The molecule has 13 heavy (non-hydrogen) atoms. The van der Waals surface area contributed by atoms with Crippen LogP contribution in [0.3, 0.4) is 0 Å². The quantitative estimate of drug-likeness (QED) is 0.659. The average molecular weight is 181 g/mol. The standard InChI is InChI=1S/C11H19NO/c13-11(10-4-5-10)6-9-12-7-2-1-3-8-12/h10H,1-9H2. The number of hydrogen-bond donors (Lipinski definition) is 0. The van der Waals surface area contributed by atoms with E-state index in [1.165, 1.54) is 45.2 Å². The minimum Gasteiger partial charge on any atom is -0.303 e. The Kier molecular flexibility index (Phi) is 2.99. The van der Waals surface area contributed by atoms with Crippen LogP contribution in [-0.4, -0.2) is 30.3 Å². The molecule has 0 aromatic heterocycles. The molecule has 74 valence electrons. The van der Waals surface area contributed by atoms with Crippen LogP contribution in [0.4, 0.5) is 0 Å². The van der Waals surface area contributed by atoms with Crippen LogP contribution in [0.25, 0.3) is 0 Å². The summed E-state index contributed by atoms with van der Waals surface area (Å²) in [5.74, 6) is 0.982. The van der Waals surface area contributed by atoms with Crippen molar-refractivity contribution in [2.45, 2.75) is 38.5 Å². The fraction of sp³-hybridized carbons (Fsp3) is 0.909. The van der Waals surface area contributed by atoms with Crippen LogP contribution in [0.5, 0.6) is 0 Å². The lowest BCUT2D eigenvalue weighted by Crippen LogP contribution is -2.31. The number of ketones is 1. The number of nitrogens with zero attached hydrogens (tertiary/aromatic N) is 1. The molecular formula is C11H19NO. The Morgan fingerprint density at radius 1 is 1.15 bits per heavy atom. The van der Waals surface area contributed by atoms with E-state index in [0.717, 1.165) is 13.0 Å². The molecule has 2 aliphatic rings. The molecule has 2 nitrogen and oxygen atoms in total. The molecule has 1 heterocycles. The Bertz CT molecular complexity index is 181. The first kappa shape index (κ1) is 9.20. The van der Waals surface area contributed by atoms with Gasteiger partial charge in [-0.25, -0.2) is 0 Å². The second-order valence-corrected chi connectivity index (χ2v) is 4.39. The fourth-order valence-corrected chi connectivity index (χ4v) is 2.06. The molecule has 1 aliphatic heterocycles. The summed E-state index contributed by atoms with van der Waals surface area (Å²) < 4.78 is 0. The number of carbonyl (C=O) groups excluding carboxylic acids is 1. The summed E-state index contributed by atoms with van der Waals surface area (Å²) >= 11 is 0. The number of hydrogen-bond acceptors (Lipinski definition) is 2. The number of Topliss-reactive ketones (excluding diaryl/α,β-unsaturated/α-hetero) is 1. The van der Waals surface area contributed by atoms with Crippen molar-refractivity contribution in [1.29, 1.82) is 0 Å². The minimum atomic E-state index is 0.463. The second kappa shape index (κ2) is 4.23. The Labute approximate surface area is 80.3 Å². The van der Waals surface area contributed by atoms with E-state index in [-0.39, 0.29) is 0 Å². The molecule has 0 aromatic carbocycles. The van der Waals surface area contributed by atoms with Crippen LogP contribution >= 0.6 is 0 Å². The molecule has 2 heteroatoms. The summed E-state index contributed by atoms with van der Waals surface area (Å²) in [5, 5.41) is 0. The highest BCUT2D eigenvalue weighted by Gasteiger charge is 2.29. The van der Waals surface area contributed by atoms with Gasteiger partial charge in [-0.15, -0.1) is 0 Å². The van der Waals surface area contributed by atoms with E-state index in [0.29, 0.717) is 11.7 Å². The van der Waals surface area contributed by atoms with Crippen LogP contribution in [0.15, 0.2) is 0 Å². The van der Waals surface area contributed by atoms with Gasteiger partial charge in [-0.3, -0.25) is 4.79 Å². The third-order valence-corrected chi connectivity index (χ3v) is 3.16. The fourth-order valence-electron chi connectivity index (χ4n) is 2.06. The van der Waals surface area contributed by atoms with Gasteiger partial charge in [-0.05, 0) is 38.8 Å². The summed E-state index contributed by atoms with van der Waals surface area (Å²) in [7, 11) is 0. The van der Waals surface area contributed by atoms with Crippen LogP contribution < -0.4 is 0 Å². The van der Waals surface area contributed by atoms with E-state index < -0.39 is 0 Å². The van der Waals surface area contributed by atoms with Crippen LogP contribution in [0, 0.1) is 5.92 Å². The van der Waals surface area contributed by atoms with Crippen molar-refractivity contribution < 1.29 is 4.79 Å². The first-order valence-electron chi connectivity index (χ1n) is 5.61. The topological polar surface area (TPSA) is 20.3 Å². The zero-order valence-corrected chi connectivity index (χ0v) is 8.30. The predicted octanol–water partition coefficient (Wildman–Crippen LogP) is 1.84. The molecule has 0 spiro atoms. The lowest BCUT2D eigenvalue weighted by molar-refractivity contribution is -0.120. The van der Waals surface area contributed by atoms with Crippen molar-refractivity contribution in [3.05, 3.63) is 0 Å². The largest absolute Gasteiger partial charge is 0.303 e. The Balaban J connectivity index is 1.62. The van der Waals surface area contributed by atoms with Crippen molar-refractivity contribution in [1.82, 2.24) is 4.90 Å². The van der Waals surface area contributed by atoms with Crippen LogP contribution in [0.1, 0.15) is 38.5 Å². The Morgan fingerprint density at radius 2 is 1.85 bits per heavy atom. The third kappa shape index (κ3) is 2.80. The van der Waals surface area contributed by atoms with Gasteiger partial charge in [0.05, 0.1) is 0 Å². The highest BCUT2D eigenvalue weighted by atomic mass is 16.1. The highest BCUT2D eigenvalue weighted by molar-refractivity contribution is 5.83. The smallest absolute Gasteiger partial charge is 0.137 e. The maximum absolute atomic E-state index is 11.4. The molecule has 0 aromatic rings. The normalized spacial score (nSPS) is 24.6. The van der Waals surface area contributed by atoms with E-state index in [4.69, 9.17) is 0 Å². The molecule has 0 bridgehead atoms. The van der Waals surface area contributed by atoms with Crippen molar-refractivity contribution in [2.75, 3.05) is 19.6 Å². The van der Waals surface area contributed by atoms with Gasteiger partial charge in [-0.2, -0.15) is 0 Å². The van der Waals surface area contributed by atoms with Gasteiger partial charge in [0.25, 0.3) is 0 Å². The number of likely N-dealkylation sites (tertiary alicyclic amines) is 1. The zero-order valence-electron chi connectivity index (χ0n) is 8.30. The molecule has 2 rings (SSSR count). The van der Waals surface area contributed by atoms with Gasteiger partial charge in [0.2, 0.25) is 0 Å². The average Bonchev–Trinajstić information content (AvgIpc) is 2.99. The summed E-state index contributed by atoms with van der Waals surface area (Å²) in [6.07, 6.45) is 7.19. The molecule has 0 N–H and O–H groups in total. The lowest BCUT2D eigenvalue weighted by Gasteiger charge is -2.25. The Morgan fingerprint density at radius 3 is 2.46 bits per heavy atom. The van der Waals surface area contributed by atoms with Gasteiger partial charge < -0.3 is 4.90 Å². The summed E-state index contributed by atoms with van der Waals surface area (Å²) in [5.41, 5.74) is 0. The highest BCUT2D eigenvalue weighted by Crippen LogP contribution is 2.30. The lowest BCUT2D eigenvalue weighted by atomic mass is 10.1. The summed E-state index contributed by atoms with van der Waals surface area (Å²) in [6.45, 7) is 3.46. The van der Waals surface area contributed by atoms with E-state index >= 15 is 0 Å². The van der Waals surface area contributed by atoms with Crippen LogP contribution in [0.2, 0.25) is 0 Å².